The number of aromatic nitrogens is 3. The van der Waals surface area contributed by atoms with Crippen LogP contribution in [-0.4, -0.2) is 15.0 Å². The van der Waals surface area contributed by atoms with Gasteiger partial charge < -0.3 is 4.42 Å². The van der Waals surface area contributed by atoms with E-state index in [1.165, 1.54) is 43.3 Å². The number of hydrogen-bond donors (Lipinski definition) is 0. The average Bonchev–Trinajstić information content (AvgIpc) is 4.10. The molecule has 4 nitrogen and oxygen atoms in total. The van der Waals surface area contributed by atoms with Crippen molar-refractivity contribution in [3.63, 3.8) is 0 Å². The van der Waals surface area contributed by atoms with E-state index in [4.69, 9.17) is 19.4 Å². The van der Waals surface area contributed by atoms with Crippen molar-refractivity contribution in [3.8, 4) is 67.5 Å². The van der Waals surface area contributed by atoms with Gasteiger partial charge in [0.2, 0.25) is 0 Å². The van der Waals surface area contributed by atoms with Crippen LogP contribution in [0.15, 0.2) is 241 Å². The molecule has 0 fully saturated rings. The van der Waals surface area contributed by atoms with Crippen LogP contribution in [0.25, 0.3) is 110 Å². The lowest BCUT2D eigenvalue weighted by atomic mass is 9.67. The number of furan rings is 1. The van der Waals surface area contributed by atoms with Crippen molar-refractivity contribution in [2.24, 2.45) is 0 Å². The van der Waals surface area contributed by atoms with Crippen molar-refractivity contribution in [1.29, 1.82) is 0 Å². The number of thiophene rings is 1. The van der Waals surface area contributed by atoms with Gasteiger partial charge in [-0.15, -0.1) is 11.3 Å². The Morgan fingerprint density at radius 1 is 0.333 bits per heavy atom. The fourth-order valence-electron chi connectivity index (χ4n) is 10.9. The van der Waals surface area contributed by atoms with Crippen LogP contribution in [0.5, 0.6) is 0 Å². The Morgan fingerprint density at radius 3 is 1.67 bits per heavy atom. The molecule has 0 saturated heterocycles. The molecule has 0 atom stereocenters. The standard InChI is InChI=1S/C64H39N3OS/c1-3-18-45(19-4-1)64(46-20-5-2-6-21-46)54-28-10-7-24-50(54)59-51(26-15-29-55(59)64)62-65-61(66-63(67-62)52-27-14-25-49-48-23-9-12-31-58(48)69-60(49)52)44-17-13-16-42(38-44)40-32-34-41(35-33-40)43-36-37-57-53(39-43)47-22-8-11-30-56(47)68-57/h1-39H. The summed E-state index contributed by atoms with van der Waals surface area (Å²) in [6, 6.07) is 84.6. The van der Waals surface area contributed by atoms with E-state index in [1.807, 2.05) is 12.1 Å². The lowest BCUT2D eigenvalue weighted by molar-refractivity contribution is 0.669. The Morgan fingerprint density at radius 2 is 0.870 bits per heavy atom. The van der Waals surface area contributed by atoms with Gasteiger partial charge in [-0.1, -0.05) is 200 Å². The number of para-hydroxylation sites is 1. The number of fused-ring (bicyclic) bond motifs is 9. The van der Waals surface area contributed by atoms with E-state index in [0.717, 1.165) is 71.1 Å². The van der Waals surface area contributed by atoms with E-state index in [2.05, 4.69) is 224 Å². The third kappa shape index (κ3) is 6.18. The normalized spacial score (nSPS) is 12.8. The van der Waals surface area contributed by atoms with Gasteiger partial charge in [0.15, 0.2) is 17.5 Å². The van der Waals surface area contributed by atoms with E-state index in [0.29, 0.717) is 17.5 Å². The summed E-state index contributed by atoms with van der Waals surface area (Å²) in [4.78, 5) is 16.4. The maximum absolute atomic E-state index is 6.13. The Labute approximate surface area is 402 Å². The van der Waals surface area contributed by atoms with Gasteiger partial charge in [-0.3, -0.25) is 0 Å². The molecule has 0 spiro atoms. The lowest BCUT2D eigenvalue weighted by Crippen LogP contribution is -2.28. The predicted molar refractivity (Wildman–Crippen MR) is 284 cm³/mol. The summed E-state index contributed by atoms with van der Waals surface area (Å²) in [5.74, 6) is 1.90. The quantitative estimate of drug-likeness (QED) is 0.160. The molecule has 69 heavy (non-hydrogen) atoms. The lowest BCUT2D eigenvalue weighted by Gasteiger charge is -2.33. The highest BCUT2D eigenvalue weighted by Crippen LogP contribution is 2.58. The van der Waals surface area contributed by atoms with E-state index >= 15 is 0 Å². The van der Waals surface area contributed by atoms with Gasteiger partial charge in [0.1, 0.15) is 11.2 Å². The van der Waals surface area contributed by atoms with E-state index in [9.17, 15) is 0 Å². The Hall–Kier alpha value is -8.77. The van der Waals surface area contributed by atoms with Crippen molar-refractivity contribution in [2.45, 2.75) is 5.41 Å². The maximum Gasteiger partial charge on any atom is 0.165 e. The molecule has 13 aromatic rings. The minimum absolute atomic E-state index is 0.559. The number of hydrogen-bond acceptors (Lipinski definition) is 5. The number of rotatable bonds is 7. The van der Waals surface area contributed by atoms with Crippen LogP contribution in [-0.2, 0) is 5.41 Å². The zero-order chi connectivity index (χ0) is 45.5. The summed E-state index contributed by atoms with van der Waals surface area (Å²) < 4.78 is 8.52. The Balaban J connectivity index is 0.943. The molecule has 322 valence electrons. The molecule has 1 aliphatic rings. The molecule has 5 heteroatoms. The summed E-state index contributed by atoms with van der Waals surface area (Å²) >= 11 is 1.79. The summed E-state index contributed by atoms with van der Waals surface area (Å²) in [6.45, 7) is 0. The van der Waals surface area contributed by atoms with E-state index < -0.39 is 5.41 Å². The highest BCUT2D eigenvalue weighted by Gasteiger charge is 2.47. The minimum atomic E-state index is -0.559. The van der Waals surface area contributed by atoms with Gasteiger partial charge in [-0.25, -0.2) is 15.0 Å². The van der Waals surface area contributed by atoms with Crippen LogP contribution in [0, 0.1) is 0 Å². The van der Waals surface area contributed by atoms with E-state index in [1.54, 1.807) is 11.3 Å². The molecular weight excluding hydrogens is 859 g/mol. The van der Waals surface area contributed by atoms with Crippen molar-refractivity contribution in [1.82, 2.24) is 15.0 Å². The van der Waals surface area contributed by atoms with Crippen molar-refractivity contribution in [2.75, 3.05) is 0 Å². The molecule has 0 radical (unpaired) electrons. The van der Waals surface area contributed by atoms with Crippen LogP contribution < -0.4 is 0 Å². The molecule has 0 amide bonds. The molecule has 0 aliphatic heterocycles. The van der Waals surface area contributed by atoms with Gasteiger partial charge >= 0.3 is 0 Å². The summed E-state index contributed by atoms with van der Waals surface area (Å²) in [5.41, 5.74) is 15.8. The SMILES string of the molecule is c1ccc(C2(c3ccccc3)c3ccccc3-c3c(-c4nc(-c5cccc(-c6ccc(-c7ccc8oc9ccccc9c8c7)cc6)c5)nc(-c5cccc6c5sc5ccccc56)n4)cccc32)cc1. The second-order valence-electron chi connectivity index (χ2n) is 17.8. The highest BCUT2D eigenvalue weighted by atomic mass is 32.1. The van der Waals surface area contributed by atoms with Crippen LogP contribution >= 0.6 is 11.3 Å². The van der Waals surface area contributed by atoms with Crippen molar-refractivity contribution >= 4 is 53.4 Å². The summed E-state index contributed by atoms with van der Waals surface area (Å²) in [7, 11) is 0. The molecule has 0 saturated carbocycles. The third-order valence-corrected chi connectivity index (χ3v) is 15.3. The van der Waals surface area contributed by atoms with Crippen LogP contribution in [0.2, 0.25) is 0 Å². The molecule has 0 bridgehead atoms. The summed E-state index contributed by atoms with van der Waals surface area (Å²) in [6.07, 6.45) is 0. The minimum Gasteiger partial charge on any atom is -0.456 e. The molecule has 3 heterocycles. The largest absolute Gasteiger partial charge is 0.456 e. The van der Waals surface area contributed by atoms with Gasteiger partial charge in [0.05, 0.1) is 5.41 Å². The molecular formula is C64H39N3OS. The van der Waals surface area contributed by atoms with Crippen molar-refractivity contribution < 1.29 is 4.42 Å². The maximum atomic E-state index is 6.13. The smallest absolute Gasteiger partial charge is 0.165 e. The summed E-state index contributed by atoms with van der Waals surface area (Å²) in [5, 5.41) is 4.68. The highest BCUT2D eigenvalue weighted by molar-refractivity contribution is 7.26. The molecule has 0 unspecified atom stereocenters. The zero-order valence-corrected chi connectivity index (χ0v) is 38.0. The molecule has 10 aromatic carbocycles. The van der Waals surface area contributed by atoms with Gasteiger partial charge in [0.25, 0.3) is 0 Å². The van der Waals surface area contributed by atoms with Crippen molar-refractivity contribution in [3.05, 3.63) is 259 Å². The predicted octanol–water partition coefficient (Wildman–Crippen LogP) is 16.8. The Bertz CT molecular complexity index is 4100. The molecule has 0 N–H and O–H groups in total. The fraction of sp³-hybridized carbons (Fsp3) is 0.0156. The fourth-order valence-corrected chi connectivity index (χ4v) is 12.2. The number of nitrogens with zero attached hydrogens (tertiary/aromatic N) is 3. The van der Waals surface area contributed by atoms with Gasteiger partial charge in [-0.05, 0) is 92.0 Å². The zero-order valence-electron chi connectivity index (χ0n) is 37.2. The topological polar surface area (TPSA) is 51.8 Å². The van der Waals surface area contributed by atoms with Crippen LogP contribution in [0.4, 0.5) is 0 Å². The Kier molecular flexibility index (Phi) is 8.95. The second-order valence-corrected chi connectivity index (χ2v) is 18.9. The van der Waals surface area contributed by atoms with Gasteiger partial charge in [0, 0.05) is 47.6 Å². The average molecular weight is 898 g/mol. The number of benzene rings is 10. The van der Waals surface area contributed by atoms with Crippen LogP contribution in [0.1, 0.15) is 22.3 Å². The first-order valence-corrected chi connectivity index (χ1v) is 24.1. The molecule has 3 aromatic heterocycles. The van der Waals surface area contributed by atoms with Gasteiger partial charge in [-0.2, -0.15) is 0 Å². The second kappa shape index (κ2) is 15.7. The molecule has 1 aliphatic carbocycles. The monoisotopic (exact) mass is 897 g/mol. The first kappa shape index (κ1) is 39.4. The van der Waals surface area contributed by atoms with Crippen LogP contribution in [0.3, 0.4) is 0 Å². The third-order valence-electron chi connectivity index (χ3n) is 14.1. The first-order chi connectivity index (χ1) is 34.2. The van der Waals surface area contributed by atoms with E-state index in [-0.39, 0.29) is 0 Å². The molecule has 14 rings (SSSR count). The first-order valence-electron chi connectivity index (χ1n) is 23.3.